The summed E-state index contributed by atoms with van der Waals surface area (Å²) >= 11 is 0. The van der Waals surface area contributed by atoms with Crippen LogP contribution in [0.25, 0.3) is 0 Å². The van der Waals surface area contributed by atoms with Gasteiger partial charge in [-0.1, -0.05) is 49.4 Å². The molecule has 0 radical (unpaired) electrons. The first-order valence-corrected chi connectivity index (χ1v) is 11.0. The monoisotopic (exact) mass is 444 g/mol. The van der Waals surface area contributed by atoms with Crippen molar-refractivity contribution in [1.82, 2.24) is 4.90 Å². The third-order valence-corrected chi connectivity index (χ3v) is 5.71. The largest absolute Gasteiger partial charge is 0.462 e. The number of ether oxygens (including phenoxy) is 1. The van der Waals surface area contributed by atoms with E-state index in [1.807, 2.05) is 36.1 Å². The van der Waals surface area contributed by atoms with E-state index in [-0.39, 0.29) is 30.3 Å². The third-order valence-electron chi connectivity index (χ3n) is 5.71. The Hall–Kier alpha value is -2.37. The second-order valence-corrected chi connectivity index (χ2v) is 7.66. The number of para-hydroxylation sites is 1. The summed E-state index contributed by atoms with van der Waals surface area (Å²) in [6.07, 6.45) is 3.25. The van der Waals surface area contributed by atoms with Gasteiger partial charge in [-0.2, -0.15) is 0 Å². The van der Waals surface area contributed by atoms with Crippen LogP contribution >= 0.6 is 12.4 Å². The lowest BCUT2D eigenvalue weighted by molar-refractivity contribution is -0.119. The molecule has 1 saturated heterocycles. The van der Waals surface area contributed by atoms with Crippen LogP contribution in [0.3, 0.4) is 0 Å². The minimum atomic E-state index is -0.373. The smallest absolute Gasteiger partial charge is 0.340 e. The summed E-state index contributed by atoms with van der Waals surface area (Å²) in [6, 6.07) is 17.9. The molecule has 0 N–H and O–H groups in total. The molecule has 6 heteroatoms. The van der Waals surface area contributed by atoms with Crippen molar-refractivity contribution in [2.24, 2.45) is 0 Å². The highest BCUT2D eigenvalue weighted by Crippen LogP contribution is 2.28. The van der Waals surface area contributed by atoms with Crippen LogP contribution in [0.5, 0.6) is 0 Å². The summed E-state index contributed by atoms with van der Waals surface area (Å²) in [5.41, 5.74) is 2.49. The molecule has 0 atom stereocenters. The summed E-state index contributed by atoms with van der Waals surface area (Å²) < 4.78 is 5.23. The molecule has 1 heterocycles. The number of piperidine rings is 1. The van der Waals surface area contributed by atoms with Gasteiger partial charge >= 0.3 is 5.97 Å². The summed E-state index contributed by atoms with van der Waals surface area (Å²) in [5.74, 6) is -0.322. The molecule has 0 aliphatic carbocycles. The molecule has 0 saturated carbocycles. The summed E-state index contributed by atoms with van der Waals surface area (Å²) in [6.45, 7) is 6.91. The number of nitrogens with zero attached hydrogens (tertiary/aromatic N) is 2. The Morgan fingerprint density at radius 3 is 2.29 bits per heavy atom. The van der Waals surface area contributed by atoms with Gasteiger partial charge in [-0.25, -0.2) is 4.79 Å². The molecule has 168 valence electrons. The first-order valence-electron chi connectivity index (χ1n) is 11.0. The normalized spacial score (nSPS) is 14.5. The zero-order valence-electron chi connectivity index (χ0n) is 18.5. The minimum Gasteiger partial charge on any atom is -0.462 e. The average molecular weight is 445 g/mol. The Kier molecular flexibility index (Phi) is 10.0. The number of carbonyl (C=O) groups is 2. The fraction of sp³-hybridized carbons (Fsp3) is 0.440. The predicted molar refractivity (Wildman–Crippen MR) is 127 cm³/mol. The molecule has 2 aromatic carbocycles. The van der Waals surface area contributed by atoms with Gasteiger partial charge in [0.05, 0.1) is 17.9 Å². The van der Waals surface area contributed by atoms with Gasteiger partial charge in [0.25, 0.3) is 0 Å². The Bertz CT molecular complexity index is 836. The maximum Gasteiger partial charge on any atom is 0.340 e. The first kappa shape index (κ1) is 24.9. The second kappa shape index (κ2) is 12.5. The maximum absolute atomic E-state index is 12.9. The van der Waals surface area contributed by atoms with Crippen LogP contribution in [0.2, 0.25) is 0 Å². The molecule has 0 bridgehead atoms. The number of likely N-dealkylation sites (tertiary alicyclic amines) is 1. The zero-order valence-corrected chi connectivity index (χ0v) is 19.3. The van der Waals surface area contributed by atoms with Crippen molar-refractivity contribution >= 4 is 30.0 Å². The molecular weight excluding hydrogens is 412 g/mol. The van der Waals surface area contributed by atoms with Crippen LogP contribution in [0, 0.1) is 0 Å². The van der Waals surface area contributed by atoms with Crippen LogP contribution in [0.15, 0.2) is 54.6 Å². The van der Waals surface area contributed by atoms with E-state index in [0.29, 0.717) is 24.3 Å². The highest BCUT2D eigenvalue weighted by atomic mass is 35.5. The summed E-state index contributed by atoms with van der Waals surface area (Å²) in [7, 11) is 0. The van der Waals surface area contributed by atoms with Crippen LogP contribution < -0.4 is 4.90 Å². The number of hydrogen-bond acceptors (Lipinski definition) is 4. The number of anilines is 1. The Labute approximate surface area is 191 Å². The van der Waals surface area contributed by atoms with E-state index in [4.69, 9.17) is 4.74 Å². The molecule has 1 amide bonds. The SMILES string of the molecule is CCOC(=O)c1ccccc1N(C(=O)CC)C1CCN(CCc2ccccc2)CC1.Cl. The van der Waals surface area contributed by atoms with Crippen LogP contribution in [0.1, 0.15) is 49.0 Å². The Balaban J connectivity index is 0.00000341. The number of benzene rings is 2. The van der Waals surface area contributed by atoms with Gasteiger partial charge in [0.2, 0.25) is 5.91 Å². The second-order valence-electron chi connectivity index (χ2n) is 7.66. The molecular formula is C25H33ClN2O3. The van der Waals surface area contributed by atoms with Gasteiger partial charge in [0.1, 0.15) is 0 Å². The molecule has 2 aromatic rings. The highest BCUT2D eigenvalue weighted by molar-refractivity contribution is 6.02. The van der Waals surface area contributed by atoms with E-state index in [1.54, 1.807) is 13.0 Å². The van der Waals surface area contributed by atoms with Crippen molar-refractivity contribution in [1.29, 1.82) is 0 Å². The first-order chi connectivity index (χ1) is 14.6. The Morgan fingerprint density at radius 1 is 1.00 bits per heavy atom. The van der Waals surface area contributed by atoms with Gasteiger partial charge in [0.15, 0.2) is 0 Å². The fourth-order valence-corrected chi connectivity index (χ4v) is 4.10. The standard InChI is InChI=1S/C25H32N2O3.ClH/c1-3-24(28)27(23-13-9-8-12-22(23)25(29)30-4-2)21-15-18-26(19-16-21)17-14-20-10-6-5-7-11-20;/h5-13,21H,3-4,14-19H2,1-2H3;1H. The van der Waals surface area contributed by atoms with Crippen molar-refractivity contribution in [3.8, 4) is 0 Å². The average Bonchev–Trinajstić information content (AvgIpc) is 2.79. The fourth-order valence-electron chi connectivity index (χ4n) is 4.10. The third kappa shape index (κ3) is 6.55. The van der Waals surface area contributed by atoms with Crippen molar-refractivity contribution in [2.45, 2.75) is 45.6 Å². The molecule has 0 aromatic heterocycles. The number of esters is 1. The predicted octanol–water partition coefficient (Wildman–Crippen LogP) is 4.74. The molecule has 0 spiro atoms. The van der Waals surface area contributed by atoms with Crippen LogP contribution in [0.4, 0.5) is 5.69 Å². The van der Waals surface area contributed by atoms with E-state index >= 15 is 0 Å². The van der Waals surface area contributed by atoms with E-state index < -0.39 is 0 Å². The lowest BCUT2D eigenvalue weighted by atomic mass is 9.99. The number of amides is 1. The van der Waals surface area contributed by atoms with E-state index in [9.17, 15) is 9.59 Å². The maximum atomic E-state index is 12.9. The number of rotatable bonds is 8. The number of halogens is 1. The van der Waals surface area contributed by atoms with Gasteiger partial charge in [-0.15, -0.1) is 12.4 Å². The summed E-state index contributed by atoms with van der Waals surface area (Å²) in [5, 5.41) is 0. The van der Waals surface area contributed by atoms with Gasteiger partial charge in [-0.3, -0.25) is 4.79 Å². The van der Waals surface area contributed by atoms with Crippen molar-refractivity contribution in [2.75, 3.05) is 31.1 Å². The molecule has 0 unspecified atom stereocenters. The molecule has 5 nitrogen and oxygen atoms in total. The van der Waals surface area contributed by atoms with Crippen molar-refractivity contribution in [3.05, 3.63) is 65.7 Å². The number of carbonyl (C=O) groups excluding carboxylic acids is 2. The lowest BCUT2D eigenvalue weighted by Gasteiger charge is -2.39. The Morgan fingerprint density at radius 2 is 1.65 bits per heavy atom. The highest BCUT2D eigenvalue weighted by Gasteiger charge is 2.30. The van der Waals surface area contributed by atoms with E-state index in [2.05, 4.69) is 29.2 Å². The van der Waals surface area contributed by atoms with E-state index in [0.717, 1.165) is 38.9 Å². The molecule has 3 rings (SSSR count). The van der Waals surface area contributed by atoms with E-state index in [1.165, 1.54) is 5.56 Å². The lowest BCUT2D eigenvalue weighted by Crippen LogP contribution is -2.48. The van der Waals surface area contributed by atoms with Gasteiger partial charge < -0.3 is 14.5 Å². The molecule has 1 fully saturated rings. The zero-order chi connectivity index (χ0) is 21.3. The molecule has 1 aliphatic rings. The quantitative estimate of drug-likeness (QED) is 0.552. The van der Waals surface area contributed by atoms with Crippen molar-refractivity contribution < 1.29 is 14.3 Å². The van der Waals surface area contributed by atoms with Gasteiger partial charge in [-0.05, 0) is 43.9 Å². The summed E-state index contributed by atoms with van der Waals surface area (Å²) in [4.78, 5) is 29.7. The number of hydrogen-bond donors (Lipinski definition) is 0. The molecule has 1 aliphatic heterocycles. The van der Waals surface area contributed by atoms with Crippen LogP contribution in [-0.4, -0.2) is 49.1 Å². The molecule has 31 heavy (non-hydrogen) atoms. The van der Waals surface area contributed by atoms with Crippen molar-refractivity contribution in [3.63, 3.8) is 0 Å². The van der Waals surface area contributed by atoms with Gasteiger partial charge in [0, 0.05) is 32.1 Å². The topological polar surface area (TPSA) is 49.9 Å². The minimum absolute atomic E-state index is 0. The van der Waals surface area contributed by atoms with Crippen LogP contribution in [-0.2, 0) is 16.0 Å².